The number of anilines is 2. The first-order valence-corrected chi connectivity index (χ1v) is 6.61. The Hall–Kier alpha value is -1.48. The average molecular weight is 260 g/mol. The summed E-state index contributed by atoms with van der Waals surface area (Å²) in [5.74, 6) is 6.24. The molecule has 0 saturated heterocycles. The van der Waals surface area contributed by atoms with Crippen molar-refractivity contribution < 1.29 is 8.95 Å². The molecule has 17 heavy (non-hydrogen) atoms. The Bertz CT molecular complexity index is 379. The lowest BCUT2D eigenvalue weighted by molar-refractivity contribution is 0.379. The molecule has 0 aliphatic carbocycles. The molecule has 0 amide bonds. The zero-order valence-electron chi connectivity index (χ0n) is 9.93. The first-order chi connectivity index (χ1) is 8.05. The highest BCUT2D eigenvalue weighted by atomic mass is 32.2. The maximum atomic E-state index is 11.1. The third kappa shape index (κ3) is 4.49. The molecule has 0 fully saturated rings. The Morgan fingerprint density at radius 2 is 2.06 bits per heavy atom. The van der Waals surface area contributed by atoms with Crippen molar-refractivity contribution in [2.24, 2.45) is 5.84 Å². The minimum Gasteiger partial charge on any atom is -0.467 e. The number of nitrogen functional groups attached to an aromatic ring is 1. The minimum absolute atomic E-state index is 0.0291. The summed E-state index contributed by atoms with van der Waals surface area (Å²) in [7, 11) is 0.560. The molecule has 1 aromatic heterocycles. The van der Waals surface area contributed by atoms with Gasteiger partial charge in [0, 0.05) is 28.9 Å². The molecule has 1 heterocycles. The largest absolute Gasteiger partial charge is 0.467 e. The van der Waals surface area contributed by atoms with Gasteiger partial charge in [-0.05, 0) is 6.92 Å². The Morgan fingerprint density at radius 3 is 2.59 bits per heavy atom. The van der Waals surface area contributed by atoms with E-state index in [0.717, 1.165) is 0 Å². The molecule has 4 N–H and O–H groups in total. The Labute approximate surface area is 102 Å². The van der Waals surface area contributed by atoms with E-state index in [2.05, 4.69) is 25.7 Å². The normalized spacial score (nSPS) is 13.9. The van der Waals surface area contributed by atoms with Gasteiger partial charge in [0.1, 0.15) is 0 Å². The van der Waals surface area contributed by atoms with Crippen molar-refractivity contribution in [3.05, 3.63) is 0 Å². The summed E-state index contributed by atoms with van der Waals surface area (Å²) >= 11 is 0. The summed E-state index contributed by atoms with van der Waals surface area (Å²) in [5.41, 5.74) is 2.31. The van der Waals surface area contributed by atoms with Gasteiger partial charge in [0.25, 0.3) is 0 Å². The van der Waals surface area contributed by atoms with Gasteiger partial charge in [-0.3, -0.25) is 9.63 Å². The molecule has 0 radical (unpaired) electrons. The molecule has 0 aliphatic heterocycles. The van der Waals surface area contributed by atoms with E-state index >= 15 is 0 Å². The fraction of sp³-hybridized carbons (Fsp3) is 0.625. The zero-order valence-corrected chi connectivity index (χ0v) is 10.7. The number of nitrogens with one attached hydrogen (secondary N) is 2. The molecule has 0 aliphatic rings. The van der Waals surface area contributed by atoms with Gasteiger partial charge in [0.2, 0.25) is 11.9 Å². The number of rotatable bonds is 6. The van der Waals surface area contributed by atoms with Gasteiger partial charge in [0.05, 0.1) is 7.11 Å². The third-order valence-electron chi connectivity index (χ3n) is 1.79. The van der Waals surface area contributed by atoms with E-state index in [4.69, 9.17) is 10.6 Å². The molecule has 2 atom stereocenters. The summed E-state index contributed by atoms with van der Waals surface area (Å²) in [4.78, 5) is 11.9. The van der Waals surface area contributed by atoms with E-state index in [9.17, 15) is 4.21 Å². The molecule has 9 heteroatoms. The zero-order chi connectivity index (χ0) is 12.8. The van der Waals surface area contributed by atoms with Gasteiger partial charge in [-0.25, -0.2) is 5.84 Å². The lowest BCUT2D eigenvalue weighted by Gasteiger charge is -2.13. The summed E-state index contributed by atoms with van der Waals surface area (Å²) < 4.78 is 16.0. The second-order valence-electron chi connectivity index (χ2n) is 3.40. The second kappa shape index (κ2) is 6.30. The molecule has 0 spiro atoms. The van der Waals surface area contributed by atoms with Crippen LogP contribution in [0.4, 0.5) is 11.9 Å². The summed E-state index contributed by atoms with van der Waals surface area (Å²) in [6, 6.07) is 0.124. The SMILES string of the molecule is COc1nc(NN)nc(NC(C)CS(C)=O)n1. The maximum Gasteiger partial charge on any atom is 0.322 e. The van der Waals surface area contributed by atoms with Crippen molar-refractivity contribution in [2.45, 2.75) is 13.0 Å². The predicted octanol–water partition coefficient (Wildman–Crippen LogP) is -0.655. The fourth-order valence-corrected chi connectivity index (χ4v) is 1.98. The van der Waals surface area contributed by atoms with Crippen LogP contribution in [0.15, 0.2) is 0 Å². The standard InChI is InChI=1S/C8H16N6O2S/c1-5(4-17(3)15)10-6-11-7(14-9)13-8(12-6)16-2/h5H,4,9H2,1-3H3,(H2,10,11,12,13,14). The van der Waals surface area contributed by atoms with Crippen molar-refractivity contribution in [3.63, 3.8) is 0 Å². The molecule has 0 aromatic carbocycles. The number of methoxy groups -OCH3 is 1. The van der Waals surface area contributed by atoms with Gasteiger partial charge in [-0.15, -0.1) is 0 Å². The molecule has 96 valence electrons. The smallest absolute Gasteiger partial charge is 0.322 e. The number of aromatic nitrogens is 3. The molecule has 0 saturated carbocycles. The van der Waals surface area contributed by atoms with Crippen LogP contribution in [-0.2, 0) is 10.8 Å². The molecule has 8 nitrogen and oxygen atoms in total. The van der Waals surface area contributed by atoms with Gasteiger partial charge in [0.15, 0.2) is 0 Å². The molecule has 0 bridgehead atoms. The molecular weight excluding hydrogens is 244 g/mol. The summed E-state index contributed by atoms with van der Waals surface area (Å²) in [6.45, 7) is 1.88. The highest BCUT2D eigenvalue weighted by molar-refractivity contribution is 7.84. The first-order valence-electron chi connectivity index (χ1n) is 4.88. The van der Waals surface area contributed by atoms with Gasteiger partial charge < -0.3 is 10.1 Å². The monoisotopic (exact) mass is 260 g/mol. The number of nitrogens with zero attached hydrogens (tertiary/aromatic N) is 3. The van der Waals surface area contributed by atoms with Crippen molar-refractivity contribution in [1.29, 1.82) is 0 Å². The van der Waals surface area contributed by atoms with Crippen molar-refractivity contribution in [1.82, 2.24) is 15.0 Å². The van der Waals surface area contributed by atoms with Crippen LogP contribution in [-0.4, -0.2) is 44.3 Å². The number of hydrogen-bond acceptors (Lipinski definition) is 8. The Kier molecular flexibility index (Phi) is 5.04. The van der Waals surface area contributed by atoms with E-state index in [1.165, 1.54) is 7.11 Å². The topological polar surface area (TPSA) is 115 Å². The van der Waals surface area contributed by atoms with E-state index in [1.807, 2.05) is 6.92 Å². The predicted molar refractivity (Wildman–Crippen MR) is 66.2 cm³/mol. The fourth-order valence-electron chi connectivity index (χ4n) is 1.19. The summed E-state index contributed by atoms with van der Waals surface area (Å²) in [5, 5.41) is 2.99. The lowest BCUT2D eigenvalue weighted by atomic mass is 10.4. The highest BCUT2D eigenvalue weighted by Crippen LogP contribution is 2.10. The van der Waals surface area contributed by atoms with Gasteiger partial charge >= 0.3 is 6.01 Å². The van der Waals surface area contributed by atoms with Crippen LogP contribution in [0.3, 0.4) is 0 Å². The second-order valence-corrected chi connectivity index (χ2v) is 4.88. The van der Waals surface area contributed by atoms with E-state index < -0.39 is 10.8 Å². The third-order valence-corrected chi connectivity index (χ3v) is 2.76. The number of hydrogen-bond donors (Lipinski definition) is 3. The molecule has 1 rings (SSSR count). The van der Waals surface area contributed by atoms with Crippen molar-refractivity contribution in [2.75, 3.05) is 29.9 Å². The first kappa shape index (κ1) is 13.6. The van der Waals surface area contributed by atoms with Crippen molar-refractivity contribution in [3.8, 4) is 6.01 Å². The lowest BCUT2D eigenvalue weighted by Crippen LogP contribution is -2.24. The van der Waals surface area contributed by atoms with Crippen LogP contribution >= 0.6 is 0 Å². The number of nitrogens with two attached hydrogens (primary N) is 1. The maximum absolute atomic E-state index is 11.1. The highest BCUT2D eigenvalue weighted by Gasteiger charge is 2.09. The van der Waals surface area contributed by atoms with Crippen LogP contribution in [0, 0.1) is 0 Å². The Balaban J connectivity index is 2.79. The quantitative estimate of drug-likeness (QED) is 0.456. The molecule has 1 aromatic rings. The Morgan fingerprint density at radius 1 is 1.41 bits per heavy atom. The number of hydrazine groups is 1. The van der Waals surface area contributed by atoms with Crippen LogP contribution in [0.1, 0.15) is 6.92 Å². The van der Waals surface area contributed by atoms with E-state index in [-0.39, 0.29) is 18.0 Å². The van der Waals surface area contributed by atoms with Crippen LogP contribution < -0.4 is 21.3 Å². The molecular formula is C8H16N6O2S. The van der Waals surface area contributed by atoms with Crippen LogP contribution in [0.25, 0.3) is 0 Å². The van der Waals surface area contributed by atoms with Crippen molar-refractivity contribution >= 4 is 22.7 Å². The summed E-state index contributed by atoms with van der Waals surface area (Å²) in [6.07, 6.45) is 1.64. The van der Waals surface area contributed by atoms with Gasteiger partial charge in [-0.2, -0.15) is 15.0 Å². The average Bonchev–Trinajstić information content (AvgIpc) is 2.27. The van der Waals surface area contributed by atoms with Crippen LogP contribution in [0.5, 0.6) is 6.01 Å². The van der Waals surface area contributed by atoms with E-state index in [0.29, 0.717) is 11.7 Å². The van der Waals surface area contributed by atoms with Crippen LogP contribution in [0.2, 0.25) is 0 Å². The van der Waals surface area contributed by atoms with E-state index in [1.54, 1.807) is 6.26 Å². The number of ether oxygens (including phenoxy) is 1. The van der Waals surface area contributed by atoms with Gasteiger partial charge in [-0.1, -0.05) is 0 Å². The minimum atomic E-state index is -0.889. The molecule has 2 unspecified atom stereocenters.